The van der Waals surface area contributed by atoms with Crippen LogP contribution in [0.2, 0.25) is 0 Å². The number of piperidine rings is 2. The Morgan fingerprint density at radius 2 is 1.76 bits per heavy atom. The lowest BCUT2D eigenvalue weighted by Gasteiger charge is -2.32. The van der Waals surface area contributed by atoms with Gasteiger partial charge < -0.3 is 14.7 Å². The van der Waals surface area contributed by atoms with Crippen LogP contribution in [-0.4, -0.2) is 67.0 Å². The molecule has 5 heterocycles. The standard InChI is InChI=1S/C40H43F3N8O4/c1-40(2,3)39-48-36(49-55-39)38(54)44-20-26-8-7-25(17-29(26)41)35-32-16-23(21-51(32)46-22-45-35)6-4-5-13-50-14-11-24(12-15-50)34-30(42)18-27(19-31(34)43)28-9-10-33(52)47-37(28)53/h7-8,16-19,21-22,24,28H,4-6,9-15,20H2,1-3H3,(H,44,54)(H,47,52,53). The number of fused-ring (bicyclic) bond motifs is 1. The Labute approximate surface area is 315 Å². The van der Waals surface area contributed by atoms with E-state index in [1.54, 1.807) is 16.6 Å². The summed E-state index contributed by atoms with van der Waals surface area (Å²) in [7, 11) is 0. The molecule has 2 aliphatic rings. The van der Waals surface area contributed by atoms with Crippen LogP contribution in [0.4, 0.5) is 13.2 Å². The fraction of sp³-hybridized carbons (Fsp3) is 0.425. The summed E-state index contributed by atoms with van der Waals surface area (Å²) >= 11 is 0. The van der Waals surface area contributed by atoms with E-state index in [4.69, 9.17) is 4.52 Å². The highest BCUT2D eigenvalue weighted by Crippen LogP contribution is 2.35. The maximum Gasteiger partial charge on any atom is 0.292 e. The van der Waals surface area contributed by atoms with E-state index in [1.807, 2.05) is 33.0 Å². The Balaban J connectivity index is 0.895. The molecule has 2 saturated heterocycles. The molecule has 7 rings (SSSR count). The molecule has 0 radical (unpaired) electrons. The number of amides is 3. The molecule has 5 aromatic rings. The summed E-state index contributed by atoms with van der Waals surface area (Å²) in [5.74, 6) is -3.97. The van der Waals surface area contributed by atoms with E-state index in [-0.39, 0.29) is 48.2 Å². The van der Waals surface area contributed by atoms with E-state index >= 15 is 13.2 Å². The summed E-state index contributed by atoms with van der Waals surface area (Å²) in [6.07, 6.45) is 7.69. The molecule has 2 aromatic carbocycles. The Morgan fingerprint density at radius 3 is 2.45 bits per heavy atom. The molecule has 55 heavy (non-hydrogen) atoms. The van der Waals surface area contributed by atoms with E-state index in [2.05, 4.69) is 35.8 Å². The Kier molecular flexibility index (Phi) is 10.8. The number of rotatable bonds is 11. The highest BCUT2D eigenvalue weighted by molar-refractivity contribution is 6.01. The van der Waals surface area contributed by atoms with Crippen LogP contribution in [0.25, 0.3) is 16.8 Å². The number of aryl methyl sites for hydroxylation is 1. The molecule has 288 valence electrons. The third kappa shape index (κ3) is 8.46. The second-order valence-corrected chi connectivity index (χ2v) is 15.4. The molecule has 2 N–H and O–H groups in total. The fourth-order valence-electron chi connectivity index (χ4n) is 7.37. The van der Waals surface area contributed by atoms with Gasteiger partial charge in [0, 0.05) is 41.3 Å². The molecule has 0 spiro atoms. The maximum atomic E-state index is 15.2. The van der Waals surface area contributed by atoms with Crippen LogP contribution < -0.4 is 10.6 Å². The summed E-state index contributed by atoms with van der Waals surface area (Å²) < 4.78 is 52.6. The van der Waals surface area contributed by atoms with Crippen LogP contribution in [-0.2, 0) is 28.0 Å². The zero-order chi connectivity index (χ0) is 38.9. The van der Waals surface area contributed by atoms with E-state index < -0.39 is 40.6 Å². The molecule has 1 atom stereocenters. The first-order valence-corrected chi connectivity index (χ1v) is 18.6. The highest BCUT2D eigenvalue weighted by atomic mass is 19.1. The normalized spacial score (nSPS) is 17.2. The lowest BCUT2D eigenvalue weighted by Crippen LogP contribution is -2.39. The van der Waals surface area contributed by atoms with Crippen LogP contribution in [0.3, 0.4) is 0 Å². The van der Waals surface area contributed by atoms with Crippen molar-refractivity contribution in [1.29, 1.82) is 0 Å². The highest BCUT2D eigenvalue weighted by Gasteiger charge is 2.32. The van der Waals surface area contributed by atoms with Crippen molar-refractivity contribution in [3.8, 4) is 11.3 Å². The summed E-state index contributed by atoms with van der Waals surface area (Å²) in [6.45, 7) is 7.94. The molecule has 15 heteroatoms. The number of hydrogen-bond donors (Lipinski definition) is 2. The van der Waals surface area contributed by atoms with Crippen molar-refractivity contribution < 1.29 is 32.1 Å². The number of hydrogen-bond acceptors (Lipinski definition) is 9. The Bertz CT molecular complexity index is 2220. The zero-order valence-corrected chi connectivity index (χ0v) is 31.0. The van der Waals surface area contributed by atoms with E-state index in [0.29, 0.717) is 35.6 Å². The summed E-state index contributed by atoms with van der Waals surface area (Å²) in [4.78, 5) is 47.2. The quantitative estimate of drug-likeness (QED) is 0.120. The molecule has 0 saturated carbocycles. The largest absolute Gasteiger partial charge is 0.345 e. The van der Waals surface area contributed by atoms with Crippen molar-refractivity contribution in [3.05, 3.63) is 100 Å². The van der Waals surface area contributed by atoms with Gasteiger partial charge >= 0.3 is 0 Å². The third-order valence-corrected chi connectivity index (χ3v) is 10.4. The van der Waals surface area contributed by atoms with Crippen molar-refractivity contribution in [2.45, 2.75) is 89.5 Å². The number of halogens is 3. The predicted molar refractivity (Wildman–Crippen MR) is 195 cm³/mol. The SMILES string of the molecule is CC(C)(C)c1nc(C(=O)NCc2ccc(-c3ncnn4cc(CCCCN5CCC(c6c(F)cc(C7CCC(=O)NC7=O)cc6F)CC5)cc34)cc2F)no1. The second-order valence-electron chi connectivity index (χ2n) is 15.4. The van der Waals surface area contributed by atoms with Gasteiger partial charge in [0.1, 0.15) is 23.8 Å². The lowest BCUT2D eigenvalue weighted by molar-refractivity contribution is -0.134. The van der Waals surface area contributed by atoms with Gasteiger partial charge in [0.15, 0.2) is 0 Å². The van der Waals surface area contributed by atoms with Gasteiger partial charge in [-0.25, -0.2) is 22.7 Å². The molecular formula is C40H43F3N8O4. The van der Waals surface area contributed by atoms with Gasteiger partial charge in [-0.3, -0.25) is 19.7 Å². The maximum absolute atomic E-state index is 15.2. The number of aromatic nitrogens is 5. The number of imide groups is 1. The number of carbonyl (C=O) groups is 3. The topological polar surface area (TPSA) is 148 Å². The molecule has 3 amide bonds. The van der Waals surface area contributed by atoms with Gasteiger partial charge in [-0.05, 0) is 99.5 Å². The van der Waals surface area contributed by atoms with Crippen molar-refractivity contribution in [2.24, 2.45) is 0 Å². The Hall–Kier alpha value is -5.44. The third-order valence-electron chi connectivity index (χ3n) is 10.4. The molecule has 12 nitrogen and oxygen atoms in total. The number of nitrogens with zero attached hydrogens (tertiary/aromatic N) is 6. The second kappa shape index (κ2) is 15.7. The average molecular weight is 757 g/mol. The minimum Gasteiger partial charge on any atom is -0.345 e. The number of unbranched alkanes of at least 4 members (excludes halogenated alkanes) is 1. The molecular weight excluding hydrogens is 713 g/mol. The summed E-state index contributed by atoms with van der Waals surface area (Å²) in [5.41, 5.74) is 3.21. The van der Waals surface area contributed by atoms with E-state index in [9.17, 15) is 14.4 Å². The number of benzene rings is 2. The Morgan fingerprint density at radius 1 is 1.00 bits per heavy atom. The molecule has 3 aromatic heterocycles. The van der Waals surface area contributed by atoms with E-state index in [0.717, 1.165) is 50.0 Å². The van der Waals surface area contributed by atoms with Crippen LogP contribution in [0, 0.1) is 17.5 Å². The first-order valence-electron chi connectivity index (χ1n) is 18.6. The summed E-state index contributed by atoms with van der Waals surface area (Å²) in [5, 5.41) is 13.0. The average Bonchev–Trinajstić information content (AvgIpc) is 3.82. The first kappa shape index (κ1) is 37.9. The number of likely N-dealkylation sites (tertiary alicyclic amines) is 1. The molecule has 0 aliphatic carbocycles. The minimum atomic E-state index is -0.734. The lowest BCUT2D eigenvalue weighted by atomic mass is 9.85. The molecule has 2 fully saturated rings. The fourth-order valence-corrected chi connectivity index (χ4v) is 7.37. The van der Waals surface area contributed by atoms with Gasteiger partial charge in [0.2, 0.25) is 17.7 Å². The molecule has 1 unspecified atom stereocenters. The van der Waals surface area contributed by atoms with Gasteiger partial charge in [0.05, 0.1) is 17.1 Å². The summed E-state index contributed by atoms with van der Waals surface area (Å²) in [6, 6.07) is 9.29. The van der Waals surface area contributed by atoms with Crippen LogP contribution in [0.1, 0.15) is 110 Å². The predicted octanol–water partition coefficient (Wildman–Crippen LogP) is 6.15. The smallest absolute Gasteiger partial charge is 0.292 e. The van der Waals surface area contributed by atoms with Crippen LogP contribution >= 0.6 is 0 Å². The van der Waals surface area contributed by atoms with Gasteiger partial charge in [0.25, 0.3) is 11.7 Å². The van der Waals surface area contributed by atoms with Gasteiger partial charge in [-0.15, -0.1) is 0 Å². The van der Waals surface area contributed by atoms with Crippen LogP contribution in [0.5, 0.6) is 0 Å². The number of carbonyl (C=O) groups excluding carboxylic acids is 3. The minimum absolute atomic E-state index is 0.0596. The zero-order valence-electron chi connectivity index (χ0n) is 31.0. The number of nitrogens with one attached hydrogen (secondary N) is 2. The van der Waals surface area contributed by atoms with Crippen molar-refractivity contribution in [2.75, 3.05) is 19.6 Å². The van der Waals surface area contributed by atoms with Gasteiger partial charge in [-0.1, -0.05) is 38.1 Å². The van der Waals surface area contributed by atoms with Crippen molar-refractivity contribution in [3.63, 3.8) is 0 Å². The van der Waals surface area contributed by atoms with Gasteiger partial charge in [-0.2, -0.15) is 10.1 Å². The molecule has 2 aliphatic heterocycles. The van der Waals surface area contributed by atoms with Crippen molar-refractivity contribution in [1.82, 2.24) is 40.3 Å². The molecule has 0 bridgehead atoms. The van der Waals surface area contributed by atoms with E-state index in [1.165, 1.54) is 24.5 Å². The first-order chi connectivity index (χ1) is 26.3. The van der Waals surface area contributed by atoms with Crippen LogP contribution in [0.15, 0.2) is 53.4 Å². The van der Waals surface area contributed by atoms with Crippen molar-refractivity contribution >= 4 is 23.2 Å². The monoisotopic (exact) mass is 756 g/mol.